The number of amides is 2. The van der Waals surface area contributed by atoms with Gasteiger partial charge in [-0.05, 0) is 51.3 Å². The van der Waals surface area contributed by atoms with Crippen LogP contribution in [0.1, 0.15) is 38.3 Å². The molecule has 0 unspecified atom stereocenters. The molecule has 0 bridgehead atoms. The number of likely N-dealkylation sites (N-methyl/N-ethyl adjacent to an activating group) is 1. The molecule has 1 aromatic heterocycles. The summed E-state index contributed by atoms with van der Waals surface area (Å²) in [6.45, 7) is 9.11. The SMILES string of the molecule is CCN1CCN(c2ccc(C)nc2)C(=O)C12CCN(C(=O)C1CCOCC1)CC2. The lowest BCUT2D eigenvalue weighted by Crippen LogP contribution is -2.69. The summed E-state index contributed by atoms with van der Waals surface area (Å²) in [5.41, 5.74) is 1.31. The van der Waals surface area contributed by atoms with Gasteiger partial charge in [0.05, 0.1) is 11.9 Å². The van der Waals surface area contributed by atoms with Crippen molar-refractivity contribution in [2.45, 2.75) is 45.1 Å². The molecule has 3 aliphatic rings. The zero-order valence-electron chi connectivity index (χ0n) is 17.6. The molecule has 0 radical (unpaired) electrons. The van der Waals surface area contributed by atoms with Crippen LogP contribution in [0.5, 0.6) is 0 Å². The molecular formula is C22H32N4O3. The molecule has 1 aromatic rings. The lowest BCUT2D eigenvalue weighted by molar-refractivity contribution is -0.147. The molecule has 0 N–H and O–H groups in total. The zero-order valence-corrected chi connectivity index (χ0v) is 17.6. The maximum atomic E-state index is 13.7. The maximum absolute atomic E-state index is 13.7. The second-order valence-corrected chi connectivity index (χ2v) is 8.44. The highest BCUT2D eigenvalue weighted by Crippen LogP contribution is 2.36. The van der Waals surface area contributed by atoms with Crippen molar-refractivity contribution in [1.82, 2.24) is 14.8 Å². The molecule has 3 aliphatic heterocycles. The standard InChI is InChI=1S/C22H32N4O3/c1-3-25-12-13-26(19-5-4-17(2)23-16-19)21(28)22(25)8-10-24(11-9-22)20(27)18-6-14-29-15-7-18/h4-5,16,18H,3,6-15H2,1-2H3. The largest absolute Gasteiger partial charge is 0.381 e. The van der Waals surface area contributed by atoms with E-state index in [4.69, 9.17) is 4.74 Å². The molecule has 158 valence electrons. The third-order valence-corrected chi connectivity index (χ3v) is 6.90. The molecule has 0 atom stereocenters. The van der Waals surface area contributed by atoms with Crippen molar-refractivity contribution in [2.75, 3.05) is 50.8 Å². The molecular weight excluding hydrogens is 368 g/mol. The number of hydrogen-bond donors (Lipinski definition) is 0. The van der Waals surface area contributed by atoms with Crippen molar-refractivity contribution in [3.05, 3.63) is 24.0 Å². The predicted octanol–water partition coefficient (Wildman–Crippen LogP) is 1.85. The van der Waals surface area contributed by atoms with E-state index in [2.05, 4.69) is 16.8 Å². The second kappa shape index (κ2) is 8.40. The van der Waals surface area contributed by atoms with Gasteiger partial charge < -0.3 is 14.5 Å². The van der Waals surface area contributed by atoms with Crippen molar-refractivity contribution in [3.8, 4) is 0 Å². The van der Waals surface area contributed by atoms with Gasteiger partial charge in [0.15, 0.2) is 0 Å². The number of carbonyl (C=O) groups excluding carboxylic acids is 2. The first kappa shape index (κ1) is 20.3. The Morgan fingerprint density at radius 2 is 1.90 bits per heavy atom. The number of nitrogens with zero attached hydrogens (tertiary/aromatic N) is 4. The average Bonchev–Trinajstić information content (AvgIpc) is 2.77. The number of piperazine rings is 1. The number of likely N-dealkylation sites (tertiary alicyclic amines) is 1. The van der Waals surface area contributed by atoms with Crippen molar-refractivity contribution >= 4 is 17.5 Å². The van der Waals surface area contributed by atoms with Gasteiger partial charge in [-0.2, -0.15) is 0 Å². The number of rotatable bonds is 3. The van der Waals surface area contributed by atoms with Gasteiger partial charge >= 0.3 is 0 Å². The smallest absolute Gasteiger partial charge is 0.247 e. The Labute approximate surface area is 173 Å². The van der Waals surface area contributed by atoms with E-state index in [1.165, 1.54) is 0 Å². The minimum absolute atomic E-state index is 0.0808. The van der Waals surface area contributed by atoms with Crippen molar-refractivity contribution in [1.29, 1.82) is 0 Å². The third-order valence-electron chi connectivity index (χ3n) is 6.90. The molecule has 4 rings (SSSR count). The van der Waals surface area contributed by atoms with Gasteiger partial charge in [-0.3, -0.25) is 19.5 Å². The number of carbonyl (C=O) groups is 2. The van der Waals surface area contributed by atoms with Crippen LogP contribution < -0.4 is 4.90 Å². The molecule has 7 heteroatoms. The van der Waals surface area contributed by atoms with Crippen LogP contribution in [-0.2, 0) is 14.3 Å². The number of pyridine rings is 1. The van der Waals surface area contributed by atoms with Gasteiger partial charge in [-0.1, -0.05) is 6.92 Å². The molecule has 3 fully saturated rings. The van der Waals surface area contributed by atoms with E-state index in [-0.39, 0.29) is 17.7 Å². The Morgan fingerprint density at radius 3 is 2.52 bits per heavy atom. The van der Waals surface area contributed by atoms with Crippen LogP contribution in [0.15, 0.2) is 18.3 Å². The summed E-state index contributed by atoms with van der Waals surface area (Å²) in [6.07, 6.45) is 4.82. The van der Waals surface area contributed by atoms with E-state index < -0.39 is 5.54 Å². The molecule has 29 heavy (non-hydrogen) atoms. The molecule has 0 aliphatic carbocycles. The van der Waals surface area contributed by atoms with Gasteiger partial charge in [-0.15, -0.1) is 0 Å². The van der Waals surface area contributed by atoms with E-state index in [0.717, 1.165) is 37.3 Å². The Kier molecular flexibility index (Phi) is 5.88. The van der Waals surface area contributed by atoms with Gasteiger partial charge in [0.2, 0.25) is 11.8 Å². The molecule has 0 aromatic carbocycles. The quantitative estimate of drug-likeness (QED) is 0.775. The number of hydrogen-bond acceptors (Lipinski definition) is 5. The van der Waals surface area contributed by atoms with Gasteiger partial charge in [0, 0.05) is 51.0 Å². The lowest BCUT2D eigenvalue weighted by Gasteiger charge is -2.52. The lowest BCUT2D eigenvalue weighted by atomic mass is 9.81. The molecule has 3 saturated heterocycles. The summed E-state index contributed by atoms with van der Waals surface area (Å²) >= 11 is 0. The Balaban J connectivity index is 1.49. The highest BCUT2D eigenvalue weighted by Gasteiger charge is 2.51. The van der Waals surface area contributed by atoms with Gasteiger partial charge in [0.1, 0.15) is 5.54 Å². The van der Waals surface area contributed by atoms with Crippen LogP contribution in [0.3, 0.4) is 0 Å². The monoisotopic (exact) mass is 400 g/mol. The van der Waals surface area contributed by atoms with Gasteiger partial charge in [0.25, 0.3) is 0 Å². The fraction of sp³-hybridized carbons (Fsp3) is 0.682. The Morgan fingerprint density at radius 1 is 1.17 bits per heavy atom. The van der Waals surface area contributed by atoms with Crippen molar-refractivity contribution in [3.63, 3.8) is 0 Å². The molecule has 7 nitrogen and oxygen atoms in total. The number of piperidine rings is 1. The van der Waals surface area contributed by atoms with Crippen molar-refractivity contribution < 1.29 is 14.3 Å². The molecule has 0 saturated carbocycles. The minimum atomic E-state index is -0.510. The summed E-state index contributed by atoms with van der Waals surface area (Å²) in [6, 6.07) is 3.94. The van der Waals surface area contributed by atoms with Crippen LogP contribution in [-0.4, -0.2) is 78.1 Å². The fourth-order valence-electron chi connectivity index (χ4n) is 5.08. The topological polar surface area (TPSA) is 66.0 Å². The summed E-state index contributed by atoms with van der Waals surface area (Å²) in [5, 5.41) is 0. The first-order chi connectivity index (χ1) is 14.0. The van der Waals surface area contributed by atoms with Crippen LogP contribution in [0, 0.1) is 12.8 Å². The minimum Gasteiger partial charge on any atom is -0.381 e. The van der Waals surface area contributed by atoms with E-state index in [1.54, 1.807) is 6.20 Å². The average molecular weight is 401 g/mol. The molecule has 2 amide bonds. The Bertz CT molecular complexity index is 737. The maximum Gasteiger partial charge on any atom is 0.247 e. The normalized spacial score (nSPS) is 23.6. The number of ether oxygens (including phenoxy) is 1. The van der Waals surface area contributed by atoms with E-state index in [9.17, 15) is 9.59 Å². The first-order valence-electron chi connectivity index (χ1n) is 10.9. The van der Waals surface area contributed by atoms with Crippen LogP contribution in [0.4, 0.5) is 5.69 Å². The van der Waals surface area contributed by atoms with E-state index >= 15 is 0 Å². The number of aromatic nitrogens is 1. The molecule has 1 spiro atoms. The van der Waals surface area contributed by atoms with E-state index in [0.29, 0.717) is 45.7 Å². The highest BCUT2D eigenvalue weighted by atomic mass is 16.5. The van der Waals surface area contributed by atoms with Crippen LogP contribution in [0.25, 0.3) is 0 Å². The predicted molar refractivity (Wildman–Crippen MR) is 111 cm³/mol. The van der Waals surface area contributed by atoms with Crippen LogP contribution >= 0.6 is 0 Å². The molecule has 4 heterocycles. The first-order valence-corrected chi connectivity index (χ1v) is 10.9. The Hall–Kier alpha value is -1.99. The fourth-order valence-corrected chi connectivity index (χ4v) is 5.08. The summed E-state index contributed by atoms with van der Waals surface area (Å²) < 4.78 is 5.40. The summed E-state index contributed by atoms with van der Waals surface area (Å²) in [5.74, 6) is 0.487. The number of anilines is 1. The second-order valence-electron chi connectivity index (χ2n) is 8.44. The van der Waals surface area contributed by atoms with Crippen LogP contribution in [0.2, 0.25) is 0 Å². The summed E-state index contributed by atoms with van der Waals surface area (Å²) in [4.78, 5) is 37.2. The zero-order chi connectivity index (χ0) is 20.4. The highest BCUT2D eigenvalue weighted by molar-refractivity contribution is 6.01. The van der Waals surface area contributed by atoms with E-state index in [1.807, 2.05) is 28.9 Å². The van der Waals surface area contributed by atoms with Crippen molar-refractivity contribution in [2.24, 2.45) is 5.92 Å². The number of aryl methyl sites for hydroxylation is 1. The van der Waals surface area contributed by atoms with Gasteiger partial charge in [-0.25, -0.2) is 0 Å². The summed E-state index contributed by atoms with van der Waals surface area (Å²) in [7, 11) is 0. The third kappa shape index (κ3) is 3.78.